The van der Waals surface area contributed by atoms with Gasteiger partial charge in [0.25, 0.3) is 0 Å². The minimum atomic E-state index is 1.10. The number of hydrogen-bond acceptors (Lipinski definition) is 1. The van der Waals surface area contributed by atoms with Crippen molar-refractivity contribution in [3.05, 3.63) is 139 Å². The molecule has 1 aliphatic rings. The third-order valence-electron chi connectivity index (χ3n) is 9.99. The maximum Gasteiger partial charge on any atom is 0.0787 e. The van der Waals surface area contributed by atoms with E-state index < -0.39 is 0 Å². The van der Waals surface area contributed by atoms with Crippen LogP contribution in [0.2, 0.25) is 0 Å². The Balaban J connectivity index is 1.42. The van der Waals surface area contributed by atoms with E-state index in [0.29, 0.717) is 0 Å². The highest BCUT2D eigenvalue weighted by Crippen LogP contribution is 2.52. The third-order valence-corrected chi connectivity index (χ3v) is 9.99. The zero-order valence-electron chi connectivity index (χ0n) is 24.6. The van der Waals surface area contributed by atoms with E-state index in [0.717, 1.165) is 5.69 Å². The van der Waals surface area contributed by atoms with Gasteiger partial charge in [-0.05, 0) is 125 Å². The molecule has 1 aromatic heterocycles. The molecule has 0 bridgehead atoms. The van der Waals surface area contributed by atoms with Gasteiger partial charge < -0.3 is 0 Å². The lowest BCUT2D eigenvalue weighted by molar-refractivity contribution is 1.34. The Morgan fingerprint density at radius 2 is 1.05 bits per heavy atom. The van der Waals surface area contributed by atoms with Gasteiger partial charge in [-0.2, -0.15) is 0 Å². The Morgan fingerprint density at radius 1 is 0.409 bits per heavy atom. The number of aryl methyl sites for hydroxylation is 2. The van der Waals surface area contributed by atoms with Crippen LogP contribution in [-0.4, -0.2) is 4.98 Å². The molecule has 8 aromatic carbocycles. The van der Waals surface area contributed by atoms with Crippen molar-refractivity contribution in [2.45, 2.75) is 13.8 Å². The van der Waals surface area contributed by atoms with E-state index in [2.05, 4.69) is 135 Å². The molecule has 0 saturated carbocycles. The molecular formula is C43H27N. The predicted octanol–water partition coefficient (Wildman–Crippen LogP) is 11.9. The summed E-state index contributed by atoms with van der Waals surface area (Å²) in [7, 11) is 0. The summed E-state index contributed by atoms with van der Waals surface area (Å²) >= 11 is 0. The van der Waals surface area contributed by atoms with Crippen LogP contribution in [0.1, 0.15) is 11.1 Å². The smallest absolute Gasteiger partial charge is 0.0787 e. The molecule has 0 spiro atoms. The lowest BCUT2D eigenvalue weighted by Crippen LogP contribution is -1.91. The molecule has 9 aromatic rings. The first-order valence-corrected chi connectivity index (χ1v) is 15.4. The second kappa shape index (κ2) is 8.52. The molecule has 1 nitrogen and oxygen atoms in total. The molecule has 0 unspecified atom stereocenters. The van der Waals surface area contributed by atoms with Gasteiger partial charge in [0.15, 0.2) is 0 Å². The van der Waals surface area contributed by atoms with Gasteiger partial charge in [-0.3, -0.25) is 4.98 Å². The van der Waals surface area contributed by atoms with Gasteiger partial charge in [-0.15, -0.1) is 0 Å². The molecule has 0 atom stereocenters. The molecule has 0 radical (unpaired) electrons. The van der Waals surface area contributed by atoms with Crippen LogP contribution in [0.4, 0.5) is 0 Å². The van der Waals surface area contributed by atoms with Gasteiger partial charge in [0, 0.05) is 17.3 Å². The average molecular weight is 558 g/mol. The molecular weight excluding hydrogens is 530 g/mol. The molecule has 10 rings (SSSR count). The second-order valence-corrected chi connectivity index (χ2v) is 12.4. The van der Waals surface area contributed by atoms with Crippen LogP contribution in [-0.2, 0) is 0 Å². The number of rotatable bonds is 1. The van der Waals surface area contributed by atoms with Crippen molar-refractivity contribution in [1.29, 1.82) is 0 Å². The summed E-state index contributed by atoms with van der Waals surface area (Å²) in [4.78, 5) is 4.89. The van der Waals surface area contributed by atoms with Crippen molar-refractivity contribution in [1.82, 2.24) is 4.98 Å². The molecule has 1 aliphatic carbocycles. The molecule has 0 fully saturated rings. The molecule has 0 N–H and O–H groups in total. The van der Waals surface area contributed by atoms with Crippen molar-refractivity contribution >= 4 is 64.6 Å². The number of fused-ring (bicyclic) bond motifs is 12. The van der Waals surface area contributed by atoms with Crippen LogP contribution in [0, 0.1) is 13.8 Å². The molecule has 0 aliphatic heterocycles. The van der Waals surface area contributed by atoms with Crippen molar-refractivity contribution in [2.24, 2.45) is 0 Å². The van der Waals surface area contributed by atoms with Crippen molar-refractivity contribution in [3.8, 4) is 33.5 Å². The first-order valence-electron chi connectivity index (χ1n) is 15.4. The van der Waals surface area contributed by atoms with Crippen LogP contribution in [0.3, 0.4) is 0 Å². The number of pyridine rings is 1. The van der Waals surface area contributed by atoms with Gasteiger partial charge in [0.2, 0.25) is 0 Å². The number of nitrogens with zero attached hydrogens (tertiary/aromatic N) is 1. The molecule has 0 amide bonds. The topological polar surface area (TPSA) is 12.9 Å². The molecule has 1 heteroatoms. The fraction of sp³-hybridized carbons (Fsp3) is 0.0465. The number of aromatic nitrogens is 1. The first kappa shape index (κ1) is 24.0. The zero-order chi connectivity index (χ0) is 29.1. The SMILES string of the molecule is Cc1ccc2c(c1)c(-c1cc3c4ccccc4ccc3c3ccccc13)cc1c3ccc(C)c4c3c(cc21)-c1ncccc1-4. The van der Waals surface area contributed by atoms with Gasteiger partial charge in [0.1, 0.15) is 0 Å². The highest BCUT2D eigenvalue weighted by atomic mass is 14.7. The highest BCUT2D eigenvalue weighted by molar-refractivity contribution is 6.30. The van der Waals surface area contributed by atoms with Gasteiger partial charge in [-0.1, -0.05) is 103 Å². The fourth-order valence-electron chi connectivity index (χ4n) is 8.03. The molecule has 44 heavy (non-hydrogen) atoms. The van der Waals surface area contributed by atoms with Gasteiger partial charge >= 0.3 is 0 Å². The van der Waals surface area contributed by atoms with Crippen LogP contribution >= 0.6 is 0 Å². The minimum Gasteiger partial charge on any atom is -0.256 e. The normalized spacial score (nSPS) is 12.3. The summed E-state index contributed by atoms with van der Waals surface area (Å²) in [5.74, 6) is 0. The van der Waals surface area contributed by atoms with E-state index in [9.17, 15) is 0 Å². The standard InChI is InChI=1S/C43H27N/c1-24-13-16-31-34(20-24)39(36-21-35-27-9-4-3-8-26(27)15-18-30(35)28-10-5-6-11-29(28)36)22-38-32-17-14-25(2)41-33-12-7-19-44-43(33)40(42(32)41)23-37(31)38/h3-23H,1-2H3. The Hall–Kier alpha value is -5.53. The van der Waals surface area contributed by atoms with Crippen LogP contribution in [0.15, 0.2) is 128 Å². The quantitative estimate of drug-likeness (QED) is 0.183. The fourth-order valence-corrected chi connectivity index (χ4v) is 8.03. The van der Waals surface area contributed by atoms with E-state index in [4.69, 9.17) is 4.98 Å². The molecule has 0 saturated heterocycles. The van der Waals surface area contributed by atoms with E-state index in [-0.39, 0.29) is 0 Å². The summed E-state index contributed by atoms with van der Waals surface area (Å²) in [6, 6.07) is 45.5. The average Bonchev–Trinajstić information content (AvgIpc) is 3.40. The predicted molar refractivity (Wildman–Crippen MR) is 189 cm³/mol. The van der Waals surface area contributed by atoms with Crippen molar-refractivity contribution in [2.75, 3.05) is 0 Å². The van der Waals surface area contributed by atoms with E-state index in [1.165, 1.54) is 104 Å². The second-order valence-electron chi connectivity index (χ2n) is 12.4. The van der Waals surface area contributed by atoms with E-state index in [1.54, 1.807) is 0 Å². The van der Waals surface area contributed by atoms with E-state index >= 15 is 0 Å². The van der Waals surface area contributed by atoms with E-state index in [1.807, 2.05) is 6.20 Å². The molecule has 204 valence electrons. The van der Waals surface area contributed by atoms with Gasteiger partial charge in [-0.25, -0.2) is 0 Å². The maximum atomic E-state index is 4.89. The summed E-state index contributed by atoms with van der Waals surface area (Å²) < 4.78 is 0. The Labute approximate surface area is 255 Å². The van der Waals surface area contributed by atoms with Gasteiger partial charge in [0.05, 0.1) is 5.69 Å². The summed E-state index contributed by atoms with van der Waals surface area (Å²) in [5.41, 5.74) is 10.1. The molecule has 1 heterocycles. The maximum absolute atomic E-state index is 4.89. The number of hydrogen-bond donors (Lipinski definition) is 0. The largest absolute Gasteiger partial charge is 0.256 e. The van der Waals surface area contributed by atoms with Crippen molar-refractivity contribution in [3.63, 3.8) is 0 Å². The summed E-state index contributed by atoms with van der Waals surface area (Å²) in [6.07, 6.45) is 1.93. The lowest BCUT2D eigenvalue weighted by Gasteiger charge is -2.18. The van der Waals surface area contributed by atoms with Crippen molar-refractivity contribution < 1.29 is 0 Å². The Morgan fingerprint density at radius 3 is 1.93 bits per heavy atom. The number of benzene rings is 8. The Kier molecular flexibility index (Phi) is 4.64. The zero-order valence-corrected chi connectivity index (χ0v) is 24.6. The third kappa shape index (κ3) is 3.06. The summed E-state index contributed by atoms with van der Waals surface area (Å²) in [6.45, 7) is 4.43. The van der Waals surface area contributed by atoms with Crippen LogP contribution in [0.5, 0.6) is 0 Å². The lowest BCUT2D eigenvalue weighted by atomic mass is 9.85. The first-order chi connectivity index (χ1) is 21.7. The van der Waals surface area contributed by atoms with Crippen LogP contribution in [0.25, 0.3) is 98.1 Å². The van der Waals surface area contributed by atoms with Crippen LogP contribution < -0.4 is 0 Å². The monoisotopic (exact) mass is 557 g/mol. The highest BCUT2D eigenvalue weighted by Gasteiger charge is 2.26. The Bertz CT molecular complexity index is 2730. The summed E-state index contributed by atoms with van der Waals surface area (Å²) in [5, 5.41) is 15.5. The minimum absolute atomic E-state index is 1.10.